The van der Waals surface area contributed by atoms with Crippen molar-refractivity contribution in [3.05, 3.63) is 65.7 Å². The molecule has 0 atom stereocenters. The summed E-state index contributed by atoms with van der Waals surface area (Å²) in [5.41, 5.74) is 0.526. The summed E-state index contributed by atoms with van der Waals surface area (Å²) in [5.74, 6) is -0.315. The van der Waals surface area contributed by atoms with Crippen LogP contribution in [-0.4, -0.2) is 31.5 Å². The molecule has 4 rings (SSSR count). The van der Waals surface area contributed by atoms with Gasteiger partial charge in [0, 0.05) is 0 Å². The molecule has 2 aromatic heterocycles. The lowest BCUT2D eigenvalue weighted by molar-refractivity contribution is -0.141. The lowest BCUT2D eigenvalue weighted by atomic mass is 10.0. The summed E-state index contributed by atoms with van der Waals surface area (Å²) in [6, 6.07) is 7.66. The summed E-state index contributed by atoms with van der Waals surface area (Å²) in [4.78, 5) is 18.1. The Morgan fingerprint density at radius 3 is 2.42 bits per heavy atom. The molecular weight excluding hydrogens is 409 g/mol. The summed E-state index contributed by atoms with van der Waals surface area (Å²) >= 11 is 0. The van der Waals surface area contributed by atoms with Crippen molar-refractivity contribution < 1.29 is 18.0 Å². The smallest absolute Gasteiger partial charge is 0.362 e. The molecule has 1 aliphatic carbocycles. The standard InChI is InChI=1S/C21H21F3N6O/c1-14-4-6-17(30-26-10-11-27-30)16(12-14)19(31)29-20(8-2-3-9-20)28-15-5-7-18(25-13-15)21(22,23)24/h4-7,10-13,28H,2-3,8-9H2,1H3,(H,29,31). The van der Waals surface area contributed by atoms with Crippen molar-refractivity contribution in [1.82, 2.24) is 25.3 Å². The van der Waals surface area contributed by atoms with Gasteiger partial charge < -0.3 is 10.6 Å². The first kappa shape index (κ1) is 20.8. The summed E-state index contributed by atoms with van der Waals surface area (Å²) in [6.45, 7) is 1.88. The van der Waals surface area contributed by atoms with Crippen LogP contribution in [0, 0.1) is 6.92 Å². The Bertz CT molecular complexity index is 1060. The van der Waals surface area contributed by atoms with Crippen LogP contribution in [0.1, 0.15) is 47.3 Å². The number of aryl methyl sites for hydroxylation is 1. The largest absolute Gasteiger partial charge is 0.433 e. The van der Waals surface area contributed by atoms with Crippen LogP contribution in [0.2, 0.25) is 0 Å². The van der Waals surface area contributed by atoms with Crippen LogP contribution in [0.5, 0.6) is 0 Å². The van der Waals surface area contributed by atoms with Crippen molar-refractivity contribution in [1.29, 1.82) is 0 Å². The topological polar surface area (TPSA) is 84.7 Å². The third-order valence-corrected chi connectivity index (χ3v) is 5.28. The number of rotatable bonds is 5. The number of benzene rings is 1. The Morgan fingerprint density at radius 2 is 1.81 bits per heavy atom. The van der Waals surface area contributed by atoms with Crippen LogP contribution in [0.3, 0.4) is 0 Å². The fourth-order valence-electron chi connectivity index (χ4n) is 3.80. The fourth-order valence-corrected chi connectivity index (χ4v) is 3.80. The van der Waals surface area contributed by atoms with Gasteiger partial charge in [-0.3, -0.25) is 4.79 Å². The van der Waals surface area contributed by atoms with Gasteiger partial charge in [0.25, 0.3) is 5.91 Å². The molecule has 1 amide bonds. The van der Waals surface area contributed by atoms with Crippen molar-refractivity contribution in [2.45, 2.75) is 44.4 Å². The van der Waals surface area contributed by atoms with Crippen LogP contribution < -0.4 is 10.6 Å². The minimum Gasteiger partial charge on any atom is -0.362 e. The van der Waals surface area contributed by atoms with Gasteiger partial charge in [0.15, 0.2) is 0 Å². The van der Waals surface area contributed by atoms with Gasteiger partial charge in [0.2, 0.25) is 0 Å². The Hall–Kier alpha value is -3.43. The number of alkyl halides is 3. The maximum atomic E-state index is 13.3. The lowest BCUT2D eigenvalue weighted by Gasteiger charge is -2.33. The molecule has 2 N–H and O–H groups in total. The molecule has 1 aromatic carbocycles. The summed E-state index contributed by atoms with van der Waals surface area (Å²) in [7, 11) is 0. The summed E-state index contributed by atoms with van der Waals surface area (Å²) in [6.07, 6.45) is 2.73. The molecule has 0 unspecified atom stereocenters. The van der Waals surface area contributed by atoms with Crippen molar-refractivity contribution in [2.24, 2.45) is 0 Å². The van der Waals surface area contributed by atoms with Gasteiger partial charge in [-0.2, -0.15) is 28.2 Å². The summed E-state index contributed by atoms with van der Waals surface area (Å²) < 4.78 is 38.4. The Balaban J connectivity index is 1.59. The van der Waals surface area contributed by atoms with Crippen molar-refractivity contribution in [2.75, 3.05) is 5.32 Å². The van der Waals surface area contributed by atoms with Crippen LogP contribution in [0.4, 0.5) is 18.9 Å². The molecule has 0 bridgehead atoms. The van der Waals surface area contributed by atoms with E-state index in [1.807, 2.05) is 13.0 Å². The van der Waals surface area contributed by atoms with Gasteiger partial charge in [-0.15, -0.1) is 0 Å². The van der Waals surface area contributed by atoms with Gasteiger partial charge in [-0.05, 0) is 56.9 Å². The number of nitrogens with one attached hydrogen (secondary N) is 2. The molecule has 0 spiro atoms. The number of aromatic nitrogens is 4. The van der Waals surface area contributed by atoms with Gasteiger partial charge in [0.1, 0.15) is 11.4 Å². The molecule has 3 aromatic rings. The number of carbonyl (C=O) groups is 1. The van der Waals surface area contributed by atoms with E-state index in [0.29, 0.717) is 29.8 Å². The number of nitrogens with zero attached hydrogens (tertiary/aromatic N) is 4. The quantitative estimate of drug-likeness (QED) is 0.596. The zero-order valence-corrected chi connectivity index (χ0v) is 16.8. The van der Waals surface area contributed by atoms with Crippen LogP contribution >= 0.6 is 0 Å². The molecule has 1 aliphatic rings. The molecule has 2 heterocycles. The number of pyridine rings is 1. The lowest BCUT2D eigenvalue weighted by Crippen LogP contribution is -2.52. The first-order valence-electron chi connectivity index (χ1n) is 9.87. The van der Waals surface area contributed by atoms with E-state index in [2.05, 4.69) is 25.8 Å². The molecule has 0 saturated heterocycles. The van der Waals surface area contributed by atoms with Crippen molar-refractivity contribution >= 4 is 11.6 Å². The molecule has 31 heavy (non-hydrogen) atoms. The normalized spacial score (nSPS) is 15.6. The van der Waals surface area contributed by atoms with Gasteiger partial charge in [0.05, 0.1) is 35.5 Å². The second-order valence-electron chi connectivity index (χ2n) is 7.64. The number of amides is 1. The molecule has 7 nitrogen and oxygen atoms in total. The number of anilines is 1. The van der Waals surface area contributed by atoms with E-state index < -0.39 is 17.5 Å². The average molecular weight is 430 g/mol. The zero-order chi connectivity index (χ0) is 22.1. The number of hydrogen-bond donors (Lipinski definition) is 2. The molecule has 1 saturated carbocycles. The maximum Gasteiger partial charge on any atom is 0.433 e. The van der Waals surface area contributed by atoms with Crippen LogP contribution in [0.15, 0.2) is 48.9 Å². The first-order chi connectivity index (χ1) is 14.8. The Kier molecular flexibility index (Phi) is 5.38. The summed E-state index contributed by atoms with van der Waals surface area (Å²) in [5, 5.41) is 14.5. The van der Waals surface area contributed by atoms with Crippen molar-refractivity contribution in [3.8, 4) is 5.69 Å². The van der Waals surface area contributed by atoms with Gasteiger partial charge in [-0.1, -0.05) is 11.6 Å². The highest BCUT2D eigenvalue weighted by molar-refractivity contribution is 5.98. The molecule has 162 valence electrons. The van der Waals surface area contributed by atoms with E-state index >= 15 is 0 Å². The number of halogens is 3. The Labute approximate surface area is 176 Å². The van der Waals surface area contributed by atoms with E-state index in [1.54, 1.807) is 12.1 Å². The first-order valence-corrected chi connectivity index (χ1v) is 9.87. The van der Waals surface area contributed by atoms with Crippen LogP contribution in [-0.2, 0) is 6.18 Å². The van der Waals surface area contributed by atoms with E-state index in [0.717, 1.165) is 30.7 Å². The van der Waals surface area contributed by atoms with Gasteiger partial charge >= 0.3 is 6.18 Å². The fraction of sp³-hybridized carbons (Fsp3) is 0.333. The van der Waals surface area contributed by atoms with E-state index in [1.165, 1.54) is 23.3 Å². The highest BCUT2D eigenvalue weighted by atomic mass is 19.4. The van der Waals surface area contributed by atoms with E-state index in [9.17, 15) is 18.0 Å². The molecule has 0 radical (unpaired) electrons. The average Bonchev–Trinajstić information content (AvgIpc) is 3.40. The predicted octanol–water partition coefficient (Wildman–Crippen LogP) is 4.10. The zero-order valence-electron chi connectivity index (χ0n) is 16.8. The van der Waals surface area contributed by atoms with Gasteiger partial charge in [-0.25, -0.2) is 4.98 Å². The highest BCUT2D eigenvalue weighted by Gasteiger charge is 2.37. The second kappa shape index (κ2) is 8.01. The maximum absolute atomic E-state index is 13.3. The number of hydrogen-bond acceptors (Lipinski definition) is 5. The Morgan fingerprint density at radius 1 is 1.10 bits per heavy atom. The third-order valence-electron chi connectivity index (χ3n) is 5.28. The van der Waals surface area contributed by atoms with E-state index in [4.69, 9.17) is 0 Å². The molecular formula is C21H21F3N6O. The number of carbonyl (C=O) groups excluding carboxylic acids is 1. The second-order valence-corrected chi connectivity index (χ2v) is 7.64. The third kappa shape index (κ3) is 4.52. The minimum atomic E-state index is -4.50. The van der Waals surface area contributed by atoms with E-state index in [-0.39, 0.29) is 5.91 Å². The monoisotopic (exact) mass is 430 g/mol. The minimum absolute atomic E-state index is 0.315. The van der Waals surface area contributed by atoms with Crippen molar-refractivity contribution in [3.63, 3.8) is 0 Å². The molecule has 10 heteroatoms. The predicted molar refractivity (Wildman–Crippen MR) is 108 cm³/mol. The SMILES string of the molecule is Cc1ccc(-n2nccn2)c(C(=O)NC2(Nc3ccc(C(F)(F)F)nc3)CCCC2)c1. The molecule has 1 fully saturated rings. The van der Waals surface area contributed by atoms with Crippen LogP contribution in [0.25, 0.3) is 5.69 Å². The molecule has 0 aliphatic heterocycles. The highest BCUT2D eigenvalue weighted by Crippen LogP contribution is 2.33.